The highest BCUT2D eigenvalue weighted by Gasteiger charge is 2.22. The third-order valence-electron chi connectivity index (χ3n) is 5.58. The Bertz CT molecular complexity index is 1220. The van der Waals surface area contributed by atoms with Crippen molar-refractivity contribution in [2.45, 2.75) is 18.9 Å². The largest absolute Gasteiger partial charge is 0.345 e. The zero-order valence-corrected chi connectivity index (χ0v) is 16.0. The van der Waals surface area contributed by atoms with Crippen LogP contribution in [0.3, 0.4) is 0 Å². The van der Waals surface area contributed by atoms with Gasteiger partial charge in [-0.2, -0.15) is 5.10 Å². The Morgan fingerprint density at radius 2 is 1.87 bits per heavy atom. The average molecular weight is 407 g/mol. The van der Waals surface area contributed by atoms with Crippen LogP contribution < -0.4 is 5.32 Å². The van der Waals surface area contributed by atoms with Gasteiger partial charge in [0.2, 0.25) is 5.78 Å². The number of rotatable bonds is 4. The minimum Gasteiger partial charge on any atom is -0.345 e. The van der Waals surface area contributed by atoms with Crippen LogP contribution in [0, 0.1) is 11.6 Å². The fourth-order valence-electron chi connectivity index (χ4n) is 3.96. The summed E-state index contributed by atoms with van der Waals surface area (Å²) in [6.07, 6.45) is 8.92. The van der Waals surface area contributed by atoms with E-state index in [4.69, 9.17) is 0 Å². The van der Waals surface area contributed by atoms with E-state index in [1.54, 1.807) is 18.5 Å². The number of nitrogens with one attached hydrogen (secondary N) is 2. The third-order valence-corrected chi connectivity index (χ3v) is 5.58. The van der Waals surface area contributed by atoms with E-state index in [2.05, 4.69) is 20.4 Å². The summed E-state index contributed by atoms with van der Waals surface area (Å²) in [6, 6.07) is 5.53. The number of piperidine rings is 1. The van der Waals surface area contributed by atoms with E-state index in [0.29, 0.717) is 17.1 Å². The summed E-state index contributed by atoms with van der Waals surface area (Å²) >= 11 is 0. The third kappa shape index (κ3) is 3.19. The van der Waals surface area contributed by atoms with Crippen LogP contribution in [0.4, 0.5) is 8.78 Å². The summed E-state index contributed by atoms with van der Waals surface area (Å²) in [5.74, 6) is -2.50. The lowest BCUT2D eigenvalue weighted by molar-refractivity contribution is 0.103. The molecule has 1 saturated heterocycles. The molecule has 2 N–H and O–H groups in total. The maximum Gasteiger partial charge on any atom is 0.201 e. The standard InChI is InChI=1S/C22H19F2N5O/c23-18-2-1-3-19(24)20(18)21(30)17-11-27-22-16(17)8-13(9-26-22)14-10-28-29(12-14)15-4-6-25-7-5-15/h1-3,8-12,15,25H,4-7H2,(H,26,27). The molecule has 0 spiro atoms. The van der Waals surface area contributed by atoms with Gasteiger partial charge in [-0.15, -0.1) is 0 Å². The van der Waals surface area contributed by atoms with Crippen molar-refractivity contribution in [3.8, 4) is 11.1 Å². The molecule has 30 heavy (non-hydrogen) atoms. The molecule has 1 fully saturated rings. The molecule has 8 heteroatoms. The van der Waals surface area contributed by atoms with Crippen molar-refractivity contribution >= 4 is 16.8 Å². The first-order valence-electron chi connectivity index (χ1n) is 9.83. The Hall–Kier alpha value is -3.39. The Kier molecular flexibility index (Phi) is 4.63. The molecule has 152 valence electrons. The second-order valence-corrected chi connectivity index (χ2v) is 7.44. The summed E-state index contributed by atoms with van der Waals surface area (Å²) in [6.45, 7) is 1.93. The zero-order valence-electron chi connectivity index (χ0n) is 16.0. The highest BCUT2D eigenvalue weighted by Crippen LogP contribution is 2.28. The molecule has 4 heterocycles. The number of H-pyrrole nitrogens is 1. The van der Waals surface area contributed by atoms with Crippen molar-refractivity contribution in [1.82, 2.24) is 25.1 Å². The smallest absolute Gasteiger partial charge is 0.201 e. The molecule has 0 aliphatic carbocycles. The molecule has 0 amide bonds. The quantitative estimate of drug-likeness (QED) is 0.504. The fourth-order valence-corrected chi connectivity index (χ4v) is 3.96. The Labute approximate surface area is 170 Å². The van der Waals surface area contributed by atoms with Crippen LogP contribution in [0.1, 0.15) is 34.8 Å². The van der Waals surface area contributed by atoms with E-state index >= 15 is 0 Å². The number of fused-ring (bicyclic) bond motifs is 1. The van der Waals surface area contributed by atoms with E-state index in [9.17, 15) is 13.6 Å². The molecule has 0 saturated carbocycles. The minimum atomic E-state index is -0.887. The van der Waals surface area contributed by atoms with Crippen LogP contribution in [0.5, 0.6) is 0 Å². The van der Waals surface area contributed by atoms with Crippen molar-refractivity contribution in [2.75, 3.05) is 13.1 Å². The normalized spacial score (nSPS) is 15.0. The number of carbonyl (C=O) groups excluding carboxylic acids is 1. The SMILES string of the molecule is O=C(c1c(F)cccc1F)c1c[nH]c2ncc(-c3cnn(C4CCNCC4)c3)cc12. The van der Waals surface area contributed by atoms with Crippen LogP contribution in [0.15, 0.2) is 49.1 Å². The molecule has 5 rings (SSSR count). The summed E-state index contributed by atoms with van der Waals surface area (Å²) in [5.41, 5.74) is 1.74. The van der Waals surface area contributed by atoms with Crippen LogP contribution >= 0.6 is 0 Å². The number of hydrogen-bond acceptors (Lipinski definition) is 4. The fraction of sp³-hybridized carbons (Fsp3) is 0.227. The predicted molar refractivity (Wildman–Crippen MR) is 108 cm³/mol. The monoisotopic (exact) mass is 407 g/mol. The van der Waals surface area contributed by atoms with Crippen LogP contribution in [-0.4, -0.2) is 38.6 Å². The topological polar surface area (TPSA) is 75.6 Å². The summed E-state index contributed by atoms with van der Waals surface area (Å²) in [4.78, 5) is 20.2. The van der Waals surface area contributed by atoms with E-state index in [1.165, 1.54) is 12.3 Å². The first kappa shape index (κ1) is 18.6. The van der Waals surface area contributed by atoms with Crippen LogP contribution in [-0.2, 0) is 0 Å². The van der Waals surface area contributed by atoms with Crippen molar-refractivity contribution in [3.63, 3.8) is 0 Å². The molecule has 3 aromatic heterocycles. The van der Waals surface area contributed by atoms with Gasteiger partial charge in [-0.1, -0.05) is 6.07 Å². The summed E-state index contributed by atoms with van der Waals surface area (Å²) in [5, 5.41) is 8.35. The zero-order chi connectivity index (χ0) is 20.7. The molecule has 0 bridgehead atoms. The van der Waals surface area contributed by atoms with Gasteiger partial charge in [0.25, 0.3) is 0 Å². The molecule has 1 aromatic carbocycles. The van der Waals surface area contributed by atoms with Crippen molar-refractivity contribution in [1.29, 1.82) is 0 Å². The van der Waals surface area contributed by atoms with E-state index in [0.717, 1.165) is 49.2 Å². The summed E-state index contributed by atoms with van der Waals surface area (Å²) in [7, 11) is 0. The van der Waals surface area contributed by atoms with Gasteiger partial charge in [-0.3, -0.25) is 9.48 Å². The average Bonchev–Trinajstić information content (AvgIpc) is 3.41. The van der Waals surface area contributed by atoms with E-state index in [1.807, 2.05) is 10.9 Å². The number of hydrogen-bond donors (Lipinski definition) is 2. The highest BCUT2D eigenvalue weighted by molar-refractivity contribution is 6.16. The first-order valence-corrected chi connectivity index (χ1v) is 9.83. The van der Waals surface area contributed by atoms with Crippen molar-refractivity contribution in [3.05, 3.63) is 71.8 Å². The van der Waals surface area contributed by atoms with Gasteiger partial charge in [0.15, 0.2) is 0 Å². The predicted octanol–water partition coefficient (Wildman–Crippen LogP) is 3.86. The number of aromatic nitrogens is 4. The lowest BCUT2D eigenvalue weighted by Gasteiger charge is -2.22. The number of pyridine rings is 1. The van der Waals surface area contributed by atoms with Gasteiger partial charge in [0, 0.05) is 40.7 Å². The molecule has 0 atom stereocenters. The lowest BCUT2D eigenvalue weighted by atomic mass is 10.0. The van der Waals surface area contributed by atoms with Gasteiger partial charge < -0.3 is 10.3 Å². The Morgan fingerprint density at radius 3 is 2.63 bits per heavy atom. The number of halogens is 2. The Morgan fingerprint density at radius 1 is 1.10 bits per heavy atom. The number of aromatic amines is 1. The van der Waals surface area contributed by atoms with E-state index < -0.39 is 23.0 Å². The molecule has 1 aliphatic heterocycles. The molecule has 4 aromatic rings. The van der Waals surface area contributed by atoms with Gasteiger partial charge in [-0.25, -0.2) is 13.8 Å². The Balaban J connectivity index is 1.52. The second-order valence-electron chi connectivity index (χ2n) is 7.44. The lowest BCUT2D eigenvalue weighted by Crippen LogP contribution is -2.29. The second kappa shape index (κ2) is 7.46. The molecule has 0 unspecified atom stereocenters. The van der Waals surface area contributed by atoms with Crippen LogP contribution in [0.2, 0.25) is 0 Å². The first-order chi connectivity index (χ1) is 14.6. The van der Waals surface area contributed by atoms with Gasteiger partial charge in [0.1, 0.15) is 17.3 Å². The van der Waals surface area contributed by atoms with Crippen LogP contribution in [0.25, 0.3) is 22.2 Å². The molecular formula is C22H19F2N5O. The maximum atomic E-state index is 14.1. The number of nitrogens with zero attached hydrogens (tertiary/aromatic N) is 3. The maximum absolute atomic E-state index is 14.1. The number of benzene rings is 1. The molecule has 0 radical (unpaired) electrons. The molecular weight excluding hydrogens is 388 g/mol. The minimum absolute atomic E-state index is 0.175. The summed E-state index contributed by atoms with van der Waals surface area (Å²) < 4.78 is 30.2. The molecule has 1 aliphatic rings. The van der Waals surface area contributed by atoms with Crippen molar-refractivity contribution in [2.24, 2.45) is 0 Å². The highest BCUT2D eigenvalue weighted by atomic mass is 19.1. The van der Waals surface area contributed by atoms with Gasteiger partial charge >= 0.3 is 0 Å². The van der Waals surface area contributed by atoms with Gasteiger partial charge in [0.05, 0.1) is 17.8 Å². The van der Waals surface area contributed by atoms with Gasteiger partial charge in [-0.05, 0) is 44.1 Å². The van der Waals surface area contributed by atoms with Crippen molar-refractivity contribution < 1.29 is 13.6 Å². The number of ketones is 1. The van der Waals surface area contributed by atoms with E-state index in [-0.39, 0.29) is 5.56 Å². The molecule has 6 nitrogen and oxygen atoms in total. The number of carbonyl (C=O) groups is 1.